The summed E-state index contributed by atoms with van der Waals surface area (Å²) in [7, 11) is 0. The lowest BCUT2D eigenvalue weighted by Crippen LogP contribution is -2.56. The summed E-state index contributed by atoms with van der Waals surface area (Å²) in [6, 6.07) is 7.02. The highest BCUT2D eigenvalue weighted by Crippen LogP contribution is 2.45. The Hall–Kier alpha value is -1.06. The molecule has 0 bridgehead atoms. The largest absolute Gasteiger partial charge is 0.486 e. The van der Waals surface area contributed by atoms with Crippen LogP contribution in [0.2, 0.25) is 0 Å². The SMILES string of the molecule is CCNC1CC2(CCNCC2C)Oc2ccc(C)cc21. The van der Waals surface area contributed by atoms with E-state index >= 15 is 0 Å². The lowest BCUT2D eigenvalue weighted by atomic mass is 9.75. The van der Waals surface area contributed by atoms with Crippen LogP contribution in [0.5, 0.6) is 5.75 Å². The van der Waals surface area contributed by atoms with E-state index in [4.69, 9.17) is 4.74 Å². The Bertz CT molecular complexity index is 488. The average Bonchev–Trinajstić information content (AvgIpc) is 2.44. The Balaban J connectivity index is 1.98. The quantitative estimate of drug-likeness (QED) is 0.870. The van der Waals surface area contributed by atoms with Crippen LogP contribution in [0.25, 0.3) is 0 Å². The van der Waals surface area contributed by atoms with Crippen molar-refractivity contribution in [2.24, 2.45) is 5.92 Å². The number of ether oxygens (including phenoxy) is 1. The number of piperidine rings is 1. The van der Waals surface area contributed by atoms with Gasteiger partial charge in [-0.3, -0.25) is 0 Å². The Kier molecular flexibility index (Phi) is 3.74. The number of benzene rings is 1. The molecule has 1 spiro atoms. The van der Waals surface area contributed by atoms with Gasteiger partial charge in [-0.05, 0) is 32.5 Å². The molecule has 0 aliphatic carbocycles. The van der Waals surface area contributed by atoms with Crippen LogP contribution in [-0.4, -0.2) is 25.2 Å². The zero-order chi connectivity index (χ0) is 14.2. The van der Waals surface area contributed by atoms with E-state index in [0.29, 0.717) is 12.0 Å². The van der Waals surface area contributed by atoms with Gasteiger partial charge in [0.1, 0.15) is 11.4 Å². The van der Waals surface area contributed by atoms with Gasteiger partial charge in [-0.25, -0.2) is 0 Å². The van der Waals surface area contributed by atoms with Crippen LogP contribution in [0.4, 0.5) is 0 Å². The standard InChI is InChI=1S/C17H26N2O/c1-4-19-15-10-17(7-8-18-11-13(17)3)20-16-6-5-12(2)9-14(15)16/h5-6,9,13,15,18-19H,4,7-8,10-11H2,1-3H3. The van der Waals surface area contributed by atoms with Crippen molar-refractivity contribution in [1.29, 1.82) is 0 Å². The number of hydrogen-bond acceptors (Lipinski definition) is 3. The van der Waals surface area contributed by atoms with Gasteiger partial charge in [0.25, 0.3) is 0 Å². The Morgan fingerprint density at radius 3 is 3.05 bits per heavy atom. The second kappa shape index (κ2) is 5.38. The van der Waals surface area contributed by atoms with Gasteiger partial charge in [0, 0.05) is 30.5 Å². The van der Waals surface area contributed by atoms with Crippen molar-refractivity contribution >= 4 is 0 Å². The van der Waals surface area contributed by atoms with Crippen LogP contribution in [-0.2, 0) is 0 Å². The molecule has 3 heteroatoms. The van der Waals surface area contributed by atoms with Gasteiger partial charge in [0.2, 0.25) is 0 Å². The molecule has 1 aromatic rings. The normalized spacial score (nSPS) is 32.8. The van der Waals surface area contributed by atoms with Gasteiger partial charge in [-0.2, -0.15) is 0 Å². The minimum absolute atomic E-state index is 0.000342. The van der Waals surface area contributed by atoms with Crippen molar-refractivity contribution in [3.8, 4) is 5.75 Å². The molecule has 0 radical (unpaired) electrons. The second-order valence-electron chi connectivity index (χ2n) is 6.38. The molecule has 0 amide bonds. The maximum Gasteiger partial charge on any atom is 0.124 e. The summed E-state index contributed by atoms with van der Waals surface area (Å²) in [4.78, 5) is 0. The summed E-state index contributed by atoms with van der Waals surface area (Å²) in [5, 5.41) is 7.15. The van der Waals surface area contributed by atoms with Crippen molar-refractivity contribution in [2.75, 3.05) is 19.6 Å². The number of rotatable bonds is 2. The summed E-state index contributed by atoms with van der Waals surface area (Å²) in [5.41, 5.74) is 2.65. The van der Waals surface area contributed by atoms with E-state index in [2.05, 4.69) is 49.6 Å². The summed E-state index contributed by atoms with van der Waals surface area (Å²) >= 11 is 0. The third kappa shape index (κ3) is 2.33. The molecule has 2 aliphatic rings. The lowest BCUT2D eigenvalue weighted by Gasteiger charge is -2.48. The molecule has 110 valence electrons. The summed E-state index contributed by atoms with van der Waals surface area (Å²) in [6.07, 6.45) is 2.18. The van der Waals surface area contributed by atoms with Gasteiger partial charge in [-0.1, -0.05) is 31.5 Å². The molecule has 20 heavy (non-hydrogen) atoms. The first-order chi connectivity index (χ1) is 9.64. The molecule has 3 rings (SSSR count). The van der Waals surface area contributed by atoms with Gasteiger partial charge >= 0.3 is 0 Å². The first-order valence-electron chi connectivity index (χ1n) is 7.88. The summed E-state index contributed by atoms with van der Waals surface area (Å²) in [6.45, 7) is 9.77. The molecule has 2 aliphatic heterocycles. The molecule has 3 nitrogen and oxygen atoms in total. The van der Waals surface area contributed by atoms with Crippen molar-refractivity contribution < 1.29 is 4.74 Å². The first kappa shape index (κ1) is 13.9. The van der Waals surface area contributed by atoms with Crippen LogP contribution in [0, 0.1) is 12.8 Å². The molecule has 2 heterocycles. The Morgan fingerprint density at radius 2 is 2.30 bits per heavy atom. The molecule has 1 aromatic carbocycles. The van der Waals surface area contributed by atoms with E-state index < -0.39 is 0 Å². The van der Waals surface area contributed by atoms with E-state index in [-0.39, 0.29) is 5.60 Å². The van der Waals surface area contributed by atoms with Crippen molar-refractivity contribution in [3.63, 3.8) is 0 Å². The zero-order valence-corrected chi connectivity index (χ0v) is 12.8. The first-order valence-corrected chi connectivity index (χ1v) is 7.88. The molecular formula is C17H26N2O. The van der Waals surface area contributed by atoms with Crippen molar-refractivity contribution in [3.05, 3.63) is 29.3 Å². The number of aryl methyl sites for hydroxylation is 1. The molecule has 0 aromatic heterocycles. The molecular weight excluding hydrogens is 248 g/mol. The van der Waals surface area contributed by atoms with Crippen LogP contribution in [0.15, 0.2) is 18.2 Å². The van der Waals surface area contributed by atoms with Crippen LogP contribution in [0.3, 0.4) is 0 Å². The summed E-state index contributed by atoms with van der Waals surface area (Å²) < 4.78 is 6.52. The predicted octanol–water partition coefficient (Wildman–Crippen LogP) is 2.80. The fourth-order valence-corrected chi connectivity index (χ4v) is 3.68. The molecule has 2 N–H and O–H groups in total. The molecule has 3 atom stereocenters. The van der Waals surface area contributed by atoms with Gasteiger partial charge in [0.15, 0.2) is 0 Å². The third-order valence-electron chi connectivity index (χ3n) is 4.93. The number of hydrogen-bond donors (Lipinski definition) is 2. The van der Waals surface area contributed by atoms with Crippen LogP contribution >= 0.6 is 0 Å². The topological polar surface area (TPSA) is 33.3 Å². The Morgan fingerprint density at radius 1 is 1.45 bits per heavy atom. The maximum absolute atomic E-state index is 6.52. The molecule has 3 unspecified atom stereocenters. The van der Waals surface area contributed by atoms with E-state index in [1.807, 2.05) is 0 Å². The van der Waals surface area contributed by atoms with E-state index in [9.17, 15) is 0 Å². The molecule has 0 saturated carbocycles. The van der Waals surface area contributed by atoms with E-state index in [0.717, 1.165) is 38.2 Å². The van der Waals surface area contributed by atoms with Crippen molar-refractivity contribution in [1.82, 2.24) is 10.6 Å². The van der Waals surface area contributed by atoms with Crippen molar-refractivity contribution in [2.45, 2.75) is 45.3 Å². The lowest BCUT2D eigenvalue weighted by molar-refractivity contribution is -0.0371. The second-order valence-corrected chi connectivity index (χ2v) is 6.38. The fourth-order valence-electron chi connectivity index (χ4n) is 3.68. The van der Waals surface area contributed by atoms with Gasteiger partial charge < -0.3 is 15.4 Å². The van der Waals surface area contributed by atoms with E-state index in [1.165, 1.54) is 11.1 Å². The minimum Gasteiger partial charge on any atom is -0.486 e. The zero-order valence-electron chi connectivity index (χ0n) is 12.8. The highest BCUT2D eigenvalue weighted by molar-refractivity contribution is 5.42. The fraction of sp³-hybridized carbons (Fsp3) is 0.647. The third-order valence-corrected chi connectivity index (χ3v) is 4.93. The predicted molar refractivity (Wildman–Crippen MR) is 82.2 cm³/mol. The van der Waals surface area contributed by atoms with Gasteiger partial charge in [-0.15, -0.1) is 0 Å². The van der Waals surface area contributed by atoms with Gasteiger partial charge in [0.05, 0.1) is 0 Å². The number of fused-ring (bicyclic) bond motifs is 1. The summed E-state index contributed by atoms with van der Waals surface area (Å²) in [5.74, 6) is 1.63. The van der Waals surface area contributed by atoms with Crippen LogP contribution in [0.1, 0.15) is 43.9 Å². The molecule has 1 fully saturated rings. The smallest absolute Gasteiger partial charge is 0.124 e. The average molecular weight is 274 g/mol. The number of nitrogens with one attached hydrogen (secondary N) is 2. The van der Waals surface area contributed by atoms with Crippen LogP contribution < -0.4 is 15.4 Å². The maximum atomic E-state index is 6.52. The molecule has 1 saturated heterocycles. The minimum atomic E-state index is 0.000342. The Labute approximate surface area is 122 Å². The van der Waals surface area contributed by atoms with E-state index in [1.54, 1.807) is 0 Å². The monoisotopic (exact) mass is 274 g/mol. The highest BCUT2D eigenvalue weighted by atomic mass is 16.5. The highest BCUT2D eigenvalue weighted by Gasteiger charge is 2.45.